The molecule has 0 spiro atoms. The SMILES string of the molecule is CC1CC(C)CC(n2c(=S)[nH]c3ccccc3c2=O)C1. The molecule has 20 heavy (non-hydrogen) atoms. The molecule has 2 atom stereocenters. The number of hydrogen-bond donors (Lipinski definition) is 1. The average Bonchev–Trinajstić information content (AvgIpc) is 2.37. The number of aromatic amines is 1. The van der Waals surface area contributed by atoms with Crippen LogP contribution in [0.25, 0.3) is 10.9 Å². The number of H-pyrrole nitrogens is 1. The van der Waals surface area contributed by atoms with Crippen molar-refractivity contribution >= 4 is 23.1 Å². The van der Waals surface area contributed by atoms with Crippen molar-refractivity contribution in [3.63, 3.8) is 0 Å². The molecule has 3 nitrogen and oxygen atoms in total. The molecule has 1 aromatic carbocycles. The topological polar surface area (TPSA) is 37.8 Å². The summed E-state index contributed by atoms with van der Waals surface area (Å²) in [6, 6.07) is 7.83. The van der Waals surface area contributed by atoms with Crippen LogP contribution in [-0.2, 0) is 0 Å². The standard InChI is InChI=1S/C16H20N2OS/c1-10-7-11(2)9-12(8-10)18-15(19)13-5-3-4-6-14(13)17-16(18)20/h3-6,10-12H,7-9H2,1-2H3,(H,17,20). The Morgan fingerprint density at radius 3 is 2.50 bits per heavy atom. The molecule has 2 aromatic rings. The lowest BCUT2D eigenvalue weighted by molar-refractivity contribution is 0.216. The zero-order chi connectivity index (χ0) is 14.3. The van der Waals surface area contributed by atoms with Gasteiger partial charge in [0.2, 0.25) is 0 Å². The van der Waals surface area contributed by atoms with Gasteiger partial charge in [-0.05, 0) is 55.4 Å². The normalized spacial score (nSPS) is 26.8. The summed E-state index contributed by atoms with van der Waals surface area (Å²) in [6.07, 6.45) is 3.33. The van der Waals surface area contributed by atoms with Crippen molar-refractivity contribution < 1.29 is 0 Å². The highest BCUT2D eigenvalue weighted by Gasteiger charge is 2.26. The van der Waals surface area contributed by atoms with E-state index in [1.54, 1.807) is 0 Å². The molecule has 1 saturated carbocycles. The van der Waals surface area contributed by atoms with Gasteiger partial charge >= 0.3 is 0 Å². The summed E-state index contributed by atoms with van der Waals surface area (Å²) >= 11 is 5.43. The van der Waals surface area contributed by atoms with E-state index in [2.05, 4.69) is 18.8 Å². The van der Waals surface area contributed by atoms with Gasteiger partial charge < -0.3 is 4.98 Å². The molecular formula is C16H20N2OS. The molecule has 1 aromatic heterocycles. The molecule has 1 N–H and O–H groups in total. The lowest BCUT2D eigenvalue weighted by atomic mass is 9.80. The first-order chi connectivity index (χ1) is 9.56. The molecule has 0 saturated heterocycles. The van der Waals surface area contributed by atoms with Crippen molar-refractivity contribution in [3.8, 4) is 0 Å². The summed E-state index contributed by atoms with van der Waals surface area (Å²) in [7, 11) is 0. The molecule has 106 valence electrons. The van der Waals surface area contributed by atoms with Crippen LogP contribution in [0.1, 0.15) is 39.2 Å². The fourth-order valence-corrected chi connectivity index (χ4v) is 3.96. The molecule has 0 bridgehead atoms. The number of nitrogens with zero attached hydrogens (tertiary/aromatic N) is 1. The van der Waals surface area contributed by atoms with Crippen molar-refractivity contribution in [3.05, 3.63) is 39.4 Å². The molecule has 0 radical (unpaired) electrons. The number of rotatable bonds is 1. The number of hydrogen-bond acceptors (Lipinski definition) is 2. The summed E-state index contributed by atoms with van der Waals surface area (Å²) in [4.78, 5) is 15.9. The van der Waals surface area contributed by atoms with Crippen LogP contribution in [0, 0.1) is 16.6 Å². The van der Waals surface area contributed by atoms with Crippen LogP contribution in [0.2, 0.25) is 0 Å². The molecule has 3 rings (SSSR count). The van der Waals surface area contributed by atoms with Crippen molar-refractivity contribution in [2.45, 2.75) is 39.2 Å². The van der Waals surface area contributed by atoms with Gasteiger partial charge in [0.15, 0.2) is 4.77 Å². The maximum atomic E-state index is 12.7. The first-order valence-corrected chi connectivity index (χ1v) is 7.70. The second-order valence-electron chi connectivity index (χ2n) is 6.22. The molecule has 0 aliphatic heterocycles. The van der Waals surface area contributed by atoms with Gasteiger partial charge in [-0.2, -0.15) is 0 Å². The monoisotopic (exact) mass is 288 g/mol. The van der Waals surface area contributed by atoms with Gasteiger partial charge in [0.25, 0.3) is 5.56 Å². The van der Waals surface area contributed by atoms with Crippen LogP contribution < -0.4 is 5.56 Å². The van der Waals surface area contributed by atoms with Gasteiger partial charge in [-0.3, -0.25) is 9.36 Å². The Hall–Kier alpha value is -1.42. The van der Waals surface area contributed by atoms with E-state index in [1.807, 2.05) is 28.8 Å². The highest BCUT2D eigenvalue weighted by atomic mass is 32.1. The number of nitrogens with one attached hydrogen (secondary N) is 1. The minimum Gasteiger partial charge on any atom is -0.332 e. The first-order valence-electron chi connectivity index (χ1n) is 7.30. The molecule has 0 amide bonds. The van der Waals surface area contributed by atoms with Crippen LogP contribution in [-0.4, -0.2) is 9.55 Å². The third-order valence-electron chi connectivity index (χ3n) is 4.36. The second kappa shape index (κ2) is 5.17. The van der Waals surface area contributed by atoms with Gasteiger partial charge in [-0.15, -0.1) is 0 Å². The van der Waals surface area contributed by atoms with Crippen molar-refractivity contribution in [2.24, 2.45) is 11.8 Å². The van der Waals surface area contributed by atoms with Crippen LogP contribution in [0.4, 0.5) is 0 Å². The minimum atomic E-state index is 0.0515. The van der Waals surface area contributed by atoms with E-state index in [0.717, 1.165) is 23.7 Å². The highest BCUT2D eigenvalue weighted by molar-refractivity contribution is 7.71. The van der Waals surface area contributed by atoms with Crippen LogP contribution in [0.15, 0.2) is 29.1 Å². The van der Waals surface area contributed by atoms with Gasteiger partial charge in [0, 0.05) is 6.04 Å². The molecular weight excluding hydrogens is 268 g/mol. The third kappa shape index (κ3) is 2.33. The lowest BCUT2D eigenvalue weighted by Gasteiger charge is -2.32. The Labute approximate surface area is 123 Å². The molecule has 4 heteroatoms. The van der Waals surface area contributed by atoms with Crippen LogP contribution >= 0.6 is 12.2 Å². The zero-order valence-electron chi connectivity index (χ0n) is 11.9. The molecule has 2 unspecified atom stereocenters. The van der Waals surface area contributed by atoms with Crippen LogP contribution in [0.5, 0.6) is 0 Å². The predicted molar refractivity (Wildman–Crippen MR) is 84.6 cm³/mol. The Morgan fingerprint density at radius 1 is 1.15 bits per heavy atom. The van der Waals surface area contributed by atoms with E-state index in [0.29, 0.717) is 16.6 Å². The summed E-state index contributed by atoms with van der Waals surface area (Å²) in [5.41, 5.74) is 0.881. The van der Waals surface area contributed by atoms with E-state index >= 15 is 0 Å². The van der Waals surface area contributed by atoms with E-state index in [1.165, 1.54) is 6.42 Å². The van der Waals surface area contributed by atoms with Crippen molar-refractivity contribution in [2.75, 3.05) is 0 Å². The van der Waals surface area contributed by atoms with Gasteiger partial charge in [-0.25, -0.2) is 0 Å². The molecule has 1 fully saturated rings. The van der Waals surface area contributed by atoms with E-state index in [4.69, 9.17) is 12.2 Å². The maximum absolute atomic E-state index is 12.7. The van der Waals surface area contributed by atoms with E-state index in [-0.39, 0.29) is 11.6 Å². The largest absolute Gasteiger partial charge is 0.332 e. The Kier molecular flexibility index (Phi) is 3.50. The Balaban J connectivity index is 2.16. The number of aromatic nitrogens is 2. The van der Waals surface area contributed by atoms with Gasteiger partial charge in [0.1, 0.15) is 0 Å². The second-order valence-corrected chi connectivity index (χ2v) is 6.61. The molecule has 1 aliphatic carbocycles. The summed E-state index contributed by atoms with van der Waals surface area (Å²) in [5.74, 6) is 1.30. The van der Waals surface area contributed by atoms with Crippen LogP contribution in [0.3, 0.4) is 0 Å². The smallest absolute Gasteiger partial charge is 0.262 e. The molecule has 1 heterocycles. The zero-order valence-corrected chi connectivity index (χ0v) is 12.7. The molecule has 1 aliphatic rings. The predicted octanol–water partition coefficient (Wildman–Crippen LogP) is 4.06. The lowest BCUT2D eigenvalue weighted by Crippen LogP contribution is -2.31. The average molecular weight is 288 g/mol. The summed E-state index contributed by atoms with van der Waals surface area (Å²) in [6.45, 7) is 4.53. The van der Waals surface area contributed by atoms with E-state index in [9.17, 15) is 4.79 Å². The highest BCUT2D eigenvalue weighted by Crippen LogP contribution is 2.35. The van der Waals surface area contributed by atoms with Crippen molar-refractivity contribution in [1.82, 2.24) is 9.55 Å². The third-order valence-corrected chi connectivity index (χ3v) is 4.65. The fraction of sp³-hybridized carbons (Fsp3) is 0.500. The first kappa shape index (κ1) is 13.6. The number of fused-ring (bicyclic) bond motifs is 1. The fourth-order valence-electron chi connectivity index (χ4n) is 3.62. The van der Waals surface area contributed by atoms with Crippen molar-refractivity contribution in [1.29, 1.82) is 0 Å². The van der Waals surface area contributed by atoms with E-state index < -0.39 is 0 Å². The Morgan fingerprint density at radius 2 is 1.80 bits per heavy atom. The minimum absolute atomic E-state index is 0.0515. The number of benzene rings is 1. The number of para-hydroxylation sites is 1. The Bertz CT molecular complexity index is 736. The van der Waals surface area contributed by atoms with Gasteiger partial charge in [0.05, 0.1) is 10.9 Å². The van der Waals surface area contributed by atoms with Gasteiger partial charge in [-0.1, -0.05) is 26.0 Å². The summed E-state index contributed by atoms with van der Waals surface area (Å²) in [5, 5.41) is 0.729. The quantitative estimate of drug-likeness (QED) is 0.804. The maximum Gasteiger partial charge on any atom is 0.262 e. The summed E-state index contributed by atoms with van der Waals surface area (Å²) < 4.78 is 2.36.